The van der Waals surface area contributed by atoms with Crippen LogP contribution in [0, 0.1) is 10.1 Å². The molecule has 0 aromatic heterocycles. The third-order valence-electron chi connectivity index (χ3n) is 2.77. The summed E-state index contributed by atoms with van der Waals surface area (Å²) in [4.78, 5) is 22.3. The summed E-state index contributed by atoms with van der Waals surface area (Å²) in [6, 6.07) is 2.63. The van der Waals surface area contributed by atoms with Crippen LogP contribution in [0.5, 0.6) is 0 Å². The first-order valence-electron chi connectivity index (χ1n) is 5.87. The highest BCUT2D eigenvalue weighted by molar-refractivity contribution is 6.34. The molecule has 6 nitrogen and oxygen atoms in total. The predicted molar refractivity (Wildman–Crippen MR) is 74.9 cm³/mol. The lowest BCUT2D eigenvalue weighted by molar-refractivity contribution is -0.383. The van der Waals surface area contributed by atoms with Crippen LogP contribution in [0.4, 0.5) is 11.4 Å². The quantitative estimate of drug-likeness (QED) is 0.643. The molecule has 0 bridgehead atoms. The molecule has 0 heterocycles. The summed E-state index contributed by atoms with van der Waals surface area (Å²) in [6.45, 7) is 3.79. The summed E-state index contributed by atoms with van der Waals surface area (Å²) in [5, 5.41) is 16.5. The average Bonchev–Trinajstić information content (AvgIpc) is 2.37. The van der Waals surface area contributed by atoms with Gasteiger partial charge >= 0.3 is 0 Å². The molecule has 1 rings (SSSR count). The van der Waals surface area contributed by atoms with Crippen molar-refractivity contribution in [2.45, 2.75) is 26.3 Å². The van der Waals surface area contributed by atoms with E-state index in [4.69, 9.17) is 11.6 Å². The number of rotatable bonds is 5. The fourth-order valence-corrected chi connectivity index (χ4v) is 1.83. The number of nitrogens with zero attached hydrogens (tertiary/aromatic N) is 1. The predicted octanol–water partition coefficient (Wildman–Crippen LogP) is 2.82. The number of halogens is 1. The summed E-state index contributed by atoms with van der Waals surface area (Å²) in [5.74, 6) is -0.373. The Hall–Kier alpha value is -1.82. The van der Waals surface area contributed by atoms with E-state index in [0.717, 1.165) is 6.42 Å². The Morgan fingerprint density at radius 2 is 2.16 bits per heavy atom. The van der Waals surface area contributed by atoms with Crippen LogP contribution >= 0.6 is 11.6 Å². The van der Waals surface area contributed by atoms with Crippen LogP contribution in [0.15, 0.2) is 12.1 Å². The Bertz CT molecular complexity index is 505. The van der Waals surface area contributed by atoms with E-state index in [1.807, 2.05) is 13.8 Å². The molecular formula is C12H16ClN3O3. The summed E-state index contributed by atoms with van der Waals surface area (Å²) >= 11 is 5.95. The van der Waals surface area contributed by atoms with Gasteiger partial charge in [0.15, 0.2) is 0 Å². The van der Waals surface area contributed by atoms with Gasteiger partial charge in [0.2, 0.25) is 0 Å². The number of amides is 1. The maximum absolute atomic E-state index is 11.9. The molecule has 0 radical (unpaired) electrons. The molecule has 19 heavy (non-hydrogen) atoms. The Morgan fingerprint density at radius 1 is 1.53 bits per heavy atom. The van der Waals surface area contributed by atoms with Gasteiger partial charge in [0.1, 0.15) is 5.69 Å². The number of carbonyl (C=O) groups is 1. The maximum Gasteiger partial charge on any atom is 0.294 e. The maximum atomic E-state index is 11.9. The Kier molecular flexibility index (Phi) is 5.11. The van der Waals surface area contributed by atoms with Crippen molar-refractivity contribution >= 4 is 28.9 Å². The number of anilines is 1. The van der Waals surface area contributed by atoms with E-state index in [1.54, 1.807) is 0 Å². The van der Waals surface area contributed by atoms with Gasteiger partial charge in [-0.2, -0.15) is 0 Å². The summed E-state index contributed by atoms with van der Waals surface area (Å²) in [7, 11) is 1.53. The molecule has 1 amide bonds. The summed E-state index contributed by atoms with van der Waals surface area (Å²) in [5.41, 5.74) is 0.159. The molecule has 7 heteroatoms. The van der Waals surface area contributed by atoms with Gasteiger partial charge in [-0.25, -0.2) is 0 Å². The zero-order valence-electron chi connectivity index (χ0n) is 11.0. The number of carbonyl (C=O) groups excluding carboxylic acids is 1. The second kappa shape index (κ2) is 6.38. The van der Waals surface area contributed by atoms with Crippen LogP contribution in [0.3, 0.4) is 0 Å². The van der Waals surface area contributed by atoms with Crippen molar-refractivity contribution in [3.05, 3.63) is 32.8 Å². The first-order valence-corrected chi connectivity index (χ1v) is 6.25. The van der Waals surface area contributed by atoms with Crippen molar-refractivity contribution in [3.63, 3.8) is 0 Å². The topological polar surface area (TPSA) is 84.3 Å². The first kappa shape index (κ1) is 15.2. The van der Waals surface area contributed by atoms with Gasteiger partial charge in [-0.05, 0) is 19.4 Å². The van der Waals surface area contributed by atoms with Gasteiger partial charge in [-0.1, -0.05) is 18.5 Å². The molecule has 0 aliphatic rings. The fraction of sp³-hybridized carbons (Fsp3) is 0.417. The van der Waals surface area contributed by atoms with Crippen molar-refractivity contribution in [2.75, 3.05) is 12.4 Å². The molecule has 1 aromatic carbocycles. The van der Waals surface area contributed by atoms with Gasteiger partial charge in [0.05, 0.1) is 9.95 Å². The molecule has 2 N–H and O–H groups in total. The highest BCUT2D eigenvalue weighted by Crippen LogP contribution is 2.33. The number of hydrogen-bond acceptors (Lipinski definition) is 4. The largest absolute Gasteiger partial charge is 0.381 e. The zero-order chi connectivity index (χ0) is 14.6. The molecule has 1 atom stereocenters. The van der Waals surface area contributed by atoms with Gasteiger partial charge < -0.3 is 10.6 Å². The number of nitro groups is 1. The Morgan fingerprint density at radius 3 is 2.63 bits per heavy atom. The summed E-state index contributed by atoms with van der Waals surface area (Å²) < 4.78 is 0. The van der Waals surface area contributed by atoms with E-state index in [-0.39, 0.29) is 33.9 Å². The minimum Gasteiger partial charge on any atom is -0.381 e. The lowest BCUT2D eigenvalue weighted by Crippen LogP contribution is -2.31. The smallest absolute Gasteiger partial charge is 0.294 e. The Labute approximate surface area is 116 Å². The third-order valence-corrected chi connectivity index (χ3v) is 3.07. The van der Waals surface area contributed by atoms with Crippen LogP contribution in [0.1, 0.15) is 30.6 Å². The second-order valence-electron chi connectivity index (χ2n) is 4.14. The van der Waals surface area contributed by atoms with Crippen molar-refractivity contribution in [1.82, 2.24) is 5.32 Å². The molecule has 0 saturated heterocycles. The normalized spacial score (nSPS) is 11.8. The minimum atomic E-state index is -0.572. The minimum absolute atomic E-state index is 0.00527. The molecular weight excluding hydrogens is 270 g/mol. The van der Waals surface area contributed by atoms with E-state index in [9.17, 15) is 14.9 Å². The first-order chi connectivity index (χ1) is 8.90. The van der Waals surface area contributed by atoms with Gasteiger partial charge in [-0.3, -0.25) is 14.9 Å². The van der Waals surface area contributed by atoms with E-state index in [0.29, 0.717) is 0 Å². The van der Waals surface area contributed by atoms with E-state index < -0.39 is 4.92 Å². The molecule has 0 aliphatic carbocycles. The number of hydrogen-bond donors (Lipinski definition) is 2. The second-order valence-corrected chi connectivity index (χ2v) is 4.55. The molecule has 0 aliphatic heterocycles. The SMILES string of the molecule is CCC(C)NC(=O)c1cc(Cl)c(NC)c([N+](=O)[O-])c1. The highest BCUT2D eigenvalue weighted by Gasteiger charge is 2.21. The van der Waals surface area contributed by atoms with Crippen LogP contribution in [0.25, 0.3) is 0 Å². The van der Waals surface area contributed by atoms with Crippen LogP contribution < -0.4 is 10.6 Å². The van der Waals surface area contributed by atoms with Crippen molar-refractivity contribution < 1.29 is 9.72 Å². The molecule has 1 unspecified atom stereocenters. The van der Waals surface area contributed by atoms with Gasteiger partial charge in [-0.15, -0.1) is 0 Å². The molecule has 0 saturated carbocycles. The van der Waals surface area contributed by atoms with Crippen LogP contribution in [-0.4, -0.2) is 23.9 Å². The van der Waals surface area contributed by atoms with Crippen LogP contribution in [-0.2, 0) is 0 Å². The van der Waals surface area contributed by atoms with Crippen molar-refractivity contribution in [2.24, 2.45) is 0 Å². The van der Waals surface area contributed by atoms with Crippen LogP contribution in [0.2, 0.25) is 5.02 Å². The number of benzene rings is 1. The third kappa shape index (κ3) is 3.57. The van der Waals surface area contributed by atoms with E-state index in [1.165, 1.54) is 19.2 Å². The Balaban J connectivity index is 3.17. The molecule has 0 spiro atoms. The van der Waals surface area contributed by atoms with Crippen molar-refractivity contribution in [1.29, 1.82) is 0 Å². The van der Waals surface area contributed by atoms with Crippen molar-refractivity contribution in [3.8, 4) is 0 Å². The zero-order valence-corrected chi connectivity index (χ0v) is 11.7. The lowest BCUT2D eigenvalue weighted by Gasteiger charge is -2.12. The monoisotopic (exact) mass is 285 g/mol. The van der Waals surface area contributed by atoms with Gasteiger partial charge in [0.25, 0.3) is 11.6 Å². The number of nitrogens with one attached hydrogen (secondary N) is 2. The summed E-state index contributed by atoms with van der Waals surface area (Å²) in [6.07, 6.45) is 0.774. The molecule has 1 aromatic rings. The van der Waals surface area contributed by atoms with E-state index >= 15 is 0 Å². The highest BCUT2D eigenvalue weighted by atomic mass is 35.5. The van der Waals surface area contributed by atoms with Gasteiger partial charge in [0, 0.05) is 24.7 Å². The lowest BCUT2D eigenvalue weighted by atomic mass is 10.1. The number of nitro benzene ring substituents is 1. The standard InChI is InChI=1S/C12H16ClN3O3/c1-4-7(2)15-12(17)8-5-9(13)11(14-3)10(6-8)16(18)19/h5-7,14H,4H2,1-3H3,(H,15,17). The van der Waals surface area contributed by atoms with E-state index in [2.05, 4.69) is 10.6 Å². The molecule has 104 valence electrons. The fourth-order valence-electron chi connectivity index (χ4n) is 1.52. The molecule has 0 fully saturated rings. The average molecular weight is 286 g/mol.